The first-order chi connectivity index (χ1) is 10.4. The molecule has 1 aromatic carbocycles. The number of hydrogen-bond donors (Lipinski definition) is 0. The molecule has 110 valence electrons. The van der Waals surface area contributed by atoms with Crippen molar-refractivity contribution in [1.29, 1.82) is 0 Å². The van der Waals surface area contributed by atoms with Crippen LogP contribution in [0.2, 0.25) is 0 Å². The van der Waals surface area contributed by atoms with Crippen molar-refractivity contribution >= 4 is 11.8 Å². The lowest BCUT2D eigenvalue weighted by Crippen LogP contribution is -2.24. The molecule has 1 atom stereocenters. The minimum Gasteiger partial charge on any atom is -0.296 e. The Balaban J connectivity index is 1.69. The van der Waals surface area contributed by atoms with Gasteiger partial charge in [-0.05, 0) is 56.1 Å². The Bertz CT molecular complexity index is 553. The third-order valence-electron chi connectivity index (χ3n) is 3.98. The molecule has 2 aromatic rings. The molecule has 1 saturated heterocycles. The quantitative estimate of drug-likeness (QED) is 0.790. The van der Waals surface area contributed by atoms with Crippen LogP contribution in [0, 0.1) is 0 Å². The third-order valence-corrected chi connectivity index (χ3v) is 4.94. The molecule has 2 nitrogen and oxygen atoms in total. The van der Waals surface area contributed by atoms with E-state index in [0.717, 1.165) is 5.03 Å². The van der Waals surface area contributed by atoms with E-state index < -0.39 is 0 Å². The molecular formula is C18H22N2S. The summed E-state index contributed by atoms with van der Waals surface area (Å²) >= 11 is 1.73. The van der Waals surface area contributed by atoms with Gasteiger partial charge in [-0.1, -0.05) is 43.0 Å². The second kappa shape index (κ2) is 7.10. The van der Waals surface area contributed by atoms with Gasteiger partial charge in [0.2, 0.25) is 0 Å². The molecule has 1 aliphatic rings. The molecule has 0 radical (unpaired) electrons. The molecule has 1 aromatic heterocycles. The summed E-state index contributed by atoms with van der Waals surface area (Å²) in [6, 6.07) is 15.4. The van der Waals surface area contributed by atoms with Gasteiger partial charge in [-0.25, -0.2) is 4.98 Å². The van der Waals surface area contributed by atoms with E-state index in [-0.39, 0.29) is 0 Å². The second-order valence-electron chi connectivity index (χ2n) is 5.54. The summed E-state index contributed by atoms with van der Waals surface area (Å²) in [5.41, 5.74) is 1.37. The van der Waals surface area contributed by atoms with Crippen LogP contribution in [0.4, 0.5) is 0 Å². The van der Waals surface area contributed by atoms with Gasteiger partial charge in [0, 0.05) is 17.1 Å². The van der Waals surface area contributed by atoms with Crippen molar-refractivity contribution in [3.05, 3.63) is 54.2 Å². The highest BCUT2D eigenvalue weighted by atomic mass is 32.2. The van der Waals surface area contributed by atoms with Crippen LogP contribution in [0.1, 0.15) is 37.8 Å². The van der Waals surface area contributed by atoms with Crippen molar-refractivity contribution in [2.75, 3.05) is 13.1 Å². The van der Waals surface area contributed by atoms with Gasteiger partial charge in [-0.2, -0.15) is 0 Å². The fraction of sp³-hybridized carbons (Fsp3) is 0.389. The van der Waals surface area contributed by atoms with Crippen molar-refractivity contribution in [2.24, 2.45) is 0 Å². The Labute approximate surface area is 131 Å². The van der Waals surface area contributed by atoms with Crippen molar-refractivity contribution in [3.63, 3.8) is 0 Å². The van der Waals surface area contributed by atoms with Crippen LogP contribution in [-0.2, 0) is 0 Å². The van der Waals surface area contributed by atoms with Crippen LogP contribution in [0.3, 0.4) is 0 Å². The lowest BCUT2D eigenvalue weighted by Gasteiger charge is -2.24. The first-order valence-corrected chi connectivity index (χ1v) is 8.61. The summed E-state index contributed by atoms with van der Waals surface area (Å²) in [5.74, 6) is 0. The van der Waals surface area contributed by atoms with Gasteiger partial charge < -0.3 is 0 Å². The summed E-state index contributed by atoms with van der Waals surface area (Å²) in [7, 11) is 0. The zero-order chi connectivity index (χ0) is 14.5. The maximum absolute atomic E-state index is 4.65. The highest BCUT2D eigenvalue weighted by molar-refractivity contribution is 7.99. The Morgan fingerprint density at radius 3 is 2.76 bits per heavy atom. The average Bonchev–Trinajstić information content (AvgIpc) is 2.98. The molecule has 1 unspecified atom stereocenters. The summed E-state index contributed by atoms with van der Waals surface area (Å²) in [5, 5.41) is 1.07. The molecular weight excluding hydrogens is 276 g/mol. The minimum atomic E-state index is 0.577. The van der Waals surface area contributed by atoms with Gasteiger partial charge in [0.1, 0.15) is 5.03 Å². The van der Waals surface area contributed by atoms with E-state index >= 15 is 0 Å². The third kappa shape index (κ3) is 3.66. The molecule has 1 aliphatic heterocycles. The molecule has 2 heterocycles. The van der Waals surface area contributed by atoms with Crippen molar-refractivity contribution in [2.45, 2.75) is 42.1 Å². The van der Waals surface area contributed by atoms with Gasteiger partial charge >= 0.3 is 0 Å². The number of rotatable bonds is 5. The van der Waals surface area contributed by atoms with E-state index in [1.165, 1.54) is 42.8 Å². The van der Waals surface area contributed by atoms with Crippen LogP contribution >= 0.6 is 11.8 Å². The fourth-order valence-electron chi connectivity index (χ4n) is 3.02. The van der Waals surface area contributed by atoms with Gasteiger partial charge in [0.15, 0.2) is 0 Å². The maximum atomic E-state index is 4.65. The zero-order valence-electron chi connectivity index (χ0n) is 12.5. The predicted molar refractivity (Wildman–Crippen MR) is 88.6 cm³/mol. The van der Waals surface area contributed by atoms with Crippen molar-refractivity contribution < 1.29 is 0 Å². The molecule has 0 spiro atoms. The molecule has 3 rings (SSSR count). The molecule has 0 amide bonds. The van der Waals surface area contributed by atoms with Crippen LogP contribution < -0.4 is 0 Å². The first-order valence-electron chi connectivity index (χ1n) is 7.79. The monoisotopic (exact) mass is 298 g/mol. The Kier molecular flexibility index (Phi) is 4.94. The van der Waals surface area contributed by atoms with E-state index in [9.17, 15) is 0 Å². The van der Waals surface area contributed by atoms with Gasteiger partial charge in [-0.3, -0.25) is 4.90 Å². The van der Waals surface area contributed by atoms with E-state index in [4.69, 9.17) is 0 Å². The Morgan fingerprint density at radius 1 is 1.19 bits per heavy atom. The molecule has 0 N–H and O–H groups in total. The number of nitrogens with zero attached hydrogens (tertiary/aromatic N) is 2. The molecule has 0 bridgehead atoms. The molecule has 21 heavy (non-hydrogen) atoms. The lowest BCUT2D eigenvalue weighted by molar-refractivity contribution is 0.257. The fourth-order valence-corrected chi connectivity index (χ4v) is 3.79. The summed E-state index contributed by atoms with van der Waals surface area (Å²) < 4.78 is 0. The number of pyridine rings is 1. The Morgan fingerprint density at radius 2 is 2.05 bits per heavy atom. The number of likely N-dealkylation sites (tertiary alicyclic amines) is 1. The van der Waals surface area contributed by atoms with Crippen LogP contribution in [0.15, 0.2) is 58.6 Å². The normalized spacial score (nSPS) is 19.0. The van der Waals surface area contributed by atoms with Crippen molar-refractivity contribution in [3.8, 4) is 0 Å². The predicted octanol–water partition coefficient (Wildman–Crippen LogP) is 4.78. The van der Waals surface area contributed by atoms with E-state index in [1.807, 2.05) is 6.07 Å². The lowest BCUT2D eigenvalue weighted by atomic mass is 10.1. The van der Waals surface area contributed by atoms with Crippen LogP contribution in [0.25, 0.3) is 0 Å². The molecule has 3 heteroatoms. The van der Waals surface area contributed by atoms with Gasteiger partial charge in [0.05, 0.1) is 0 Å². The average molecular weight is 298 g/mol. The van der Waals surface area contributed by atoms with E-state index in [1.54, 1.807) is 11.8 Å². The van der Waals surface area contributed by atoms with Crippen molar-refractivity contribution in [1.82, 2.24) is 9.88 Å². The number of benzene rings is 1. The number of hydrogen-bond acceptors (Lipinski definition) is 3. The topological polar surface area (TPSA) is 16.1 Å². The highest BCUT2D eigenvalue weighted by Gasteiger charge is 2.25. The molecule has 1 fully saturated rings. The Hall–Kier alpha value is -1.32. The molecule has 0 aliphatic carbocycles. The maximum Gasteiger partial charge on any atom is 0.101 e. The SMILES string of the molecule is CCCN1CCCC1c1ccc(Sc2ccccc2)nc1. The van der Waals surface area contributed by atoms with Crippen LogP contribution in [-0.4, -0.2) is 23.0 Å². The minimum absolute atomic E-state index is 0.577. The summed E-state index contributed by atoms with van der Waals surface area (Å²) in [4.78, 5) is 8.49. The largest absolute Gasteiger partial charge is 0.296 e. The summed E-state index contributed by atoms with van der Waals surface area (Å²) in [6.45, 7) is 4.69. The molecule has 0 saturated carbocycles. The highest BCUT2D eigenvalue weighted by Crippen LogP contribution is 2.33. The van der Waals surface area contributed by atoms with E-state index in [0.29, 0.717) is 6.04 Å². The van der Waals surface area contributed by atoms with Gasteiger partial charge in [0.25, 0.3) is 0 Å². The first kappa shape index (κ1) is 14.6. The standard InChI is InChI=1S/C18H22N2S/c1-2-12-20-13-6-9-17(20)15-10-11-18(19-14-15)21-16-7-4-3-5-8-16/h3-5,7-8,10-11,14,17H,2,6,9,12-13H2,1H3. The second-order valence-corrected chi connectivity index (χ2v) is 6.63. The van der Waals surface area contributed by atoms with Crippen LogP contribution in [0.5, 0.6) is 0 Å². The smallest absolute Gasteiger partial charge is 0.101 e. The van der Waals surface area contributed by atoms with Gasteiger partial charge in [-0.15, -0.1) is 0 Å². The summed E-state index contributed by atoms with van der Waals surface area (Å²) in [6.07, 6.45) is 5.88. The number of aromatic nitrogens is 1. The van der Waals surface area contributed by atoms with E-state index in [2.05, 4.69) is 59.4 Å². The zero-order valence-corrected chi connectivity index (χ0v) is 13.4.